The Kier molecular flexibility index (Phi) is 7.81. The molecule has 1 aliphatic carbocycles. The minimum atomic E-state index is -0.184. The summed E-state index contributed by atoms with van der Waals surface area (Å²) in [6.45, 7) is 1.85. The zero-order chi connectivity index (χ0) is 15.9. The summed E-state index contributed by atoms with van der Waals surface area (Å²) >= 11 is 0. The number of nitrogen functional groups attached to an aromatic ring is 1. The molecule has 1 saturated carbocycles. The summed E-state index contributed by atoms with van der Waals surface area (Å²) in [6.07, 6.45) is 7.14. The van der Waals surface area contributed by atoms with Crippen LogP contribution in [0.3, 0.4) is 0 Å². The van der Waals surface area contributed by atoms with Crippen LogP contribution in [0.25, 0.3) is 0 Å². The van der Waals surface area contributed by atoms with Crippen LogP contribution in [-0.4, -0.2) is 22.8 Å². The summed E-state index contributed by atoms with van der Waals surface area (Å²) < 4.78 is 0. The second-order valence-electron chi connectivity index (χ2n) is 5.97. The first-order valence-electron chi connectivity index (χ1n) is 7.86. The van der Waals surface area contributed by atoms with Gasteiger partial charge in [0.1, 0.15) is 5.82 Å². The van der Waals surface area contributed by atoms with Crippen LogP contribution in [0.5, 0.6) is 0 Å². The van der Waals surface area contributed by atoms with E-state index in [0.717, 1.165) is 25.7 Å². The summed E-state index contributed by atoms with van der Waals surface area (Å²) in [5.41, 5.74) is 6.09. The normalized spacial score (nSPS) is 16.0. The molecule has 2 rings (SSSR count). The third kappa shape index (κ3) is 6.44. The molecule has 2 amide bonds. The molecule has 0 aliphatic heterocycles. The standard InChI is InChI=1S/C16H24N4O2.ClH/c1-11(19-16(22)12-5-3-2-4-6-12)9-15(21)20-13-7-8-14(17)18-10-13;/h7-8,10-12H,2-6,9H2,1H3,(H2,17,18)(H,19,22)(H,20,21);1H. The molecular weight excluding hydrogens is 316 g/mol. The highest BCUT2D eigenvalue weighted by molar-refractivity contribution is 5.91. The quantitative estimate of drug-likeness (QED) is 0.767. The van der Waals surface area contributed by atoms with Crippen molar-refractivity contribution in [1.82, 2.24) is 10.3 Å². The van der Waals surface area contributed by atoms with Crippen molar-refractivity contribution in [3.8, 4) is 0 Å². The smallest absolute Gasteiger partial charge is 0.226 e. The van der Waals surface area contributed by atoms with Crippen LogP contribution in [0.1, 0.15) is 45.4 Å². The molecule has 1 unspecified atom stereocenters. The van der Waals surface area contributed by atoms with Gasteiger partial charge in [-0.3, -0.25) is 9.59 Å². The van der Waals surface area contributed by atoms with E-state index in [1.54, 1.807) is 12.1 Å². The summed E-state index contributed by atoms with van der Waals surface area (Å²) in [5.74, 6) is 0.448. The maximum absolute atomic E-state index is 12.1. The van der Waals surface area contributed by atoms with E-state index in [1.807, 2.05) is 6.92 Å². The molecule has 1 aromatic heterocycles. The van der Waals surface area contributed by atoms with Crippen LogP contribution >= 0.6 is 12.4 Å². The number of nitrogens with zero attached hydrogens (tertiary/aromatic N) is 1. The molecule has 7 heteroatoms. The van der Waals surface area contributed by atoms with E-state index in [-0.39, 0.29) is 42.6 Å². The van der Waals surface area contributed by atoms with Gasteiger partial charge >= 0.3 is 0 Å². The number of aromatic nitrogens is 1. The maximum atomic E-state index is 12.1. The number of nitrogens with two attached hydrogens (primary N) is 1. The van der Waals surface area contributed by atoms with Crippen molar-refractivity contribution in [2.75, 3.05) is 11.1 Å². The second-order valence-corrected chi connectivity index (χ2v) is 5.97. The summed E-state index contributed by atoms with van der Waals surface area (Å²) in [6, 6.07) is 3.14. The first-order chi connectivity index (χ1) is 10.5. The molecule has 0 spiro atoms. The maximum Gasteiger partial charge on any atom is 0.226 e. The third-order valence-electron chi connectivity index (χ3n) is 3.93. The van der Waals surface area contributed by atoms with Crippen LogP contribution in [0.15, 0.2) is 18.3 Å². The van der Waals surface area contributed by atoms with Crippen molar-refractivity contribution in [1.29, 1.82) is 0 Å². The lowest BCUT2D eigenvalue weighted by atomic mass is 9.88. The number of rotatable bonds is 5. The van der Waals surface area contributed by atoms with Gasteiger partial charge in [-0.2, -0.15) is 0 Å². The Morgan fingerprint density at radius 2 is 2.00 bits per heavy atom. The number of hydrogen-bond donors (Lipinski definition) is 3. The highest BCUT2D eigenvalue weighted by Gasteiger charge is 2.22. The Balaban J connectivity index is 0.00000264. The zero-order valence-corrected chi connectivity index (χ0v) is 14.2. The molecule has 1 aliphatic rings. The average molecular weight is 341 g/mol. The molecule has 4 N–H and O–H groups in total. The number of amides is 2. The molecule has 0 aromatic carbocycles. The molecule has 1 aromatic rings. The van der Waals surface area contributed by atoms with Gasteiger partial charge in [-0.05, 0) is 31.9 Å². The second kappa shape index (κ2) is 9.35. The Labute approximate surface area is 143 Å². The van der Waals surface area contributed by atoms with Gasteiger partial charge < -0.3 is 16.4 Å². The van der Waals surface area contributed by atoms with Crippen LogP contribution in [0.2, 0.25) is 0 Å². The SMILES string of the molecule is CC(CC(=O)Nc1ccc(N)nc1)NC(=O)C1CCCCC1.Cl. The fourth-order valence-electron chi connectivity index (χ4n) is 2.75. The van der Waals surface area contributed by atoms with Gasteiger partial charge in [0.2, 0.25) is 11.8 Å². The largest absolute Gasteiger partial charge is 0.384 e. The molecule has 1 heterocycles. The molecule has 0 saturated heterocycles. The first kappa shape index (κ1) is 19.2. The lowest BCUT2D eigenvalue weighted by Crippen LogP contribution is -2.39. The molecule has 1 atom stereocenters. The monoisotopic (exact) mass is 340 g/mol. The Hall–Kier alpha value is -1.82. The van der Waals surface area contributed by atoms with E-state index in [2.05, 4.69) is 15.6 Å². The minimum Gasteiger partial charge on any atom is -0.384 e. The van der Waals surface area contributed by atoms with Crippen LogP contribution in [-0.2, 0) is 9.59 Å². The molecule has 1 fully saturated rings. The predicted molar refractivity (Wildman–Crippen MR) is 93.3 cm³/mol. The van der Waals surface area contributed by atoms with Crippen molar-refractivity contribution in [2.24, 2.45) is 5.92 Å². The predicted octanol–water partition coefficient (Wildman–Crippen LogP) is 2.50. The van der Waals surface area contributed by atoms with Gasteiger partial charge in [-0.25, -0.2) is 4.98 Å². The van der Waals surface area contributed by atoms with Crippen molar-refractivity contribution in [3.05, 3.63) is 18.3 Å². The summed E-state index contributed by atoms with van der Waals surface area (Å²) in [4.78, 5) is 28.0. The van der Waals surface area contributed by atoms with Gasteiger partial charge in [0.25, 0.3) is 0 Å². The summed E-state index contributed by atoms with van der Waals surface area (Å²) in [7, 11) is 0. The van der Waals surface area contributed by atoms with Gasteiger partial charge in [0.15, 0.2) is 0 Å². The van der Waals surface area contributed by atoms with Crippen LogP contribution in [0, 0.1) is 5.92 Å². The average Bonchev–Trinajstić information content (AvgIpc) is 2.50. The Morgan fingerprint density at radius 3 is 2.61 bits per heavy atom. The highest BCUT2D eigenvalue weighted by Crippen LogP contribution is 2.23. The molecular formula is C16H25ClN4O2. The van der Waals surface area contributed by atoms with Crippen molar-refractivity contribution < 1.29 is 9.59 Å². The molecule has 0 bridgehead atoms. The molecule has 23 heavy (non-hydrogen) atoms. The first-order valence-corrected chi connectivity index (χ1v) is 7.86. The Morgan fingerprint density at radius 1 is 1.30 bits per heavy atom. The number of pyridine rings is 1. The summed E-state index contributed by atoms with van der Waals surface area (Å²) in [5, 5.41) is 5.68. The minimum absolute atomic E-state index is 0. The van der Waals surface area contributed by atoms with Crippen molar-refractivity contribution in [3.63, 3.8) is 0 Å². The van der Waals surface area contributed by atoms with E-state index >= 15 is 0 Å². The molecule has 6 nitrogen and oxygen atoms in total. The van der Waals surface area contributed by atoms with Crippen molar-refractivity contribution >= 4 is 35.7 Å². The third-order valence-corrected chi connectivity index (χ3v) is 3.93. The van der Waals surface area contributed by atoms with Gasteiger partial charge in [-0.15, -0.1) is 12.4 Å². The Bertz CT molecular complexity index is 515. The highest BCUT2D eigenvalue weighted by atomic mass is 35.5. The number of hydrogen-bond acceptors (Lipinski definition) is 4. The topological polar surface area (TPSA) is 97.1 Å². The van der Waals surface area contributed by atoms with Crippen molar-refractivity contribution in [2.45, 2.75) is 51.5 Å². The number of halogens is 1. The van der Waals surface area contributed by atoms with E-state index < -0.39 is 0 Å². The van der Waals surface area contributed by atoms with Gasteiger partial charge in [0.05, 0.1) is 11.9 Å². The molecule has 0 radical (unpaired) electrons. The number of anilines is 2. The zero-order valence-electron chi connectivity index (χ0n) is 13.4. The van der Waals surface area contributed by atoms with E-state index in [4.69, 9.17) is 5.73 Å². The molecule has 128 valence electrons. The van der Waals surface area contributed by atoms with E-state index in [9.17, 15) is 9.59 Å². The van der Waals surface area contributed by atoms with Crippen LogP contribution in [0.4, 0.5) is 11.5 Å². The fourth-order valence-corrected chi connectivity index (χ4v) is 2.75. The van der Waals surface area contributed by atoms with E-state index in [1.165, 1.54) is 12.6 Å². The number of nitrogens with one attached hydrogen (secondary N) is 2. The number of carbonyl (C=O) groups is 2. The lowest BCUT2D eigenvalue weighted by molar-refractivity contribution is -0.126. The number of carbonyl (C=O) groups excluding carboxylic acids is 2. The van der Waals surface area contributed by atoms with Crippen LogP contribution < -0.4 is 16.4 Å². The lowest BCUT2D eigenvalue weighted by Gasteiger charge is -2.23. The van der Waals surface area contributed by atoms with Gasteiger partial charge in [0, 0.05) is 18.4 Å². The van der Waals surface area contributed by atoms with E-state index in [0.29, 0.717) is 11.5 Å². The van der Waals surface area contributed by atoms with Gasteiger partial charge in [-0.1, -0.05) is 19.3 Å². The fraction of sp³-hybridized carbons (Fsp3) is 0.562.